The molecule has 2 N–H and O–H groups in total. The molecule has 0 radical (unpaired) electrons. The molecule has 1 aromatic carbocycles. The summed E-state index contributed by atoms with van der Waals surface area (Å²) in [4.78, 5) is 20.2. The van der Waals surface area contributed by atoms with E-state index in [1.165, 1.54) is 11.3 Å². The number of nitrogens with zero attached hydrogens (tertiary/aromatic N) is 2. The highest BCUT2D eigenvalue weighted by molar-refractivity contribution is 7.22. The van der Waals surface area contributed by atoms with Crippen molar-refractivity contribution < 1.29 is 4.79 Å². The van der Waals surface area contributed by atoms with E-state index in [0.717, 1.165) is 26.9 Å². The van der Waals surface area contributed by atoms with Crippen LogP contribution in [-0.2, 0) is 0 Å². The highest BCUT2D eigenvalue weighted by atomic mass is 32.1. The molecule has 3 rings (SSSR count). The van der Waals surface area contributed by atoms with Gasteiger partial charge in [0.2, 0.25) is 0 Å². The summed E-state index contributed by atoms with van der Waals surface area (Å²) in [5.41, 5.74) is 4.08. The Kier molecular flexibility index (Phi) is 4.22. The molecule has 5 nitrogen and oxygen atoms in total. The van der Waals surface area contributed by atoms with E-state index in [-0.39, 0.29) is 12.6 Å². The Bertz CT molecular complexity index is 910. The van der Waals surface area contributed by atoms with E-state index < -0.39 is 0 Å². The summed E-state index contributed by atoms with van der Waals surface area (Å²) in [6, 6.07) is 7.72. The van der Waals surface area contributed by atoms with Gasteiger partial charge in [-0.3, -0.25) is 10.3 Å². The number of fused-ring (bicyclic) bond motifs is 1. The first-order chi connectivity index (χ1) is 11.2. The molecule has 3 aromatic rings. The normalized spacial score (nSPS) is 10.3. The second kappa shape index (κ2) is 6.46. The average molecular weight is 322 g/mol. The van der Waals surface area contributed by atoms with Crippen LogP contribution in [0.25, 0.3) is 21.3 Å². The van der Waals surface area contributed by atoms with E-state index >= 15 is 0 Å². The SMILES string of the molecule is C#CCNC(=O)Nc1nc2ccc(-c3cncc(C)c3)cc2s1. The van der Waals surface area contributed by atoms with Gasteiger partial charge >= 0.3 is 6.03 Å². The van der Waals surface area contributed by atoms with E-state index in [9.17, 15) is 4.79 Å². The molecule has 0 spiro atoms. The number of terminal acetylenes is 1. The minimum atomic E-state index is -0.356. The van der Waals surface area contributed by atoms with Gasteiger partial charge in [-0.15, -0.1) is 6.42 Å². The van der Waals surface area contributed by atoms with Gasteiger partial charge in [0.15, 0.2) is 5.13 Å². The Hall–Kier alpha value is -2.91. The van der Waals surface area contributed by atoms with Gasteiger partial charge in [-0.05, 0) is 36.2 Å². The first kappa shape index (κ1) is 15.0. The fraction of sp³-hybridized carbons (Fsp3) is 0.118. The molecule has 0 fully saturated rings. The van der Waals surface area contributed by atoms with Gasteiger partial charge in [0.1, 0.15) is 0 Å². The molecule has 23 heavy (non-hydrogen) atoms. The van der Waals surface area contributed by atoms with Crippen LogP contribution in [0.5, 0.6) is 0 Å². The lowest BCUT2D eigenvalue weighted by Gasteiger charge is -2.01. The fourth-order valence-corrected chi connectivity index (χ4v) is 3.04. The minimum Gasteiger partial charge on any atom is -0.327 e. The number of rotatable bonds is 3. The van der Waals surface area contributed by atoms with Crippen LogP contribution in [0, 0.1) is 19.3 Å². The number of urea groups is 1. The van der Waals surface area contributed by atoms with Crippen molar-refractivity contribution >= 4 is 32.7 Å². The molecule has 2 heterocycles. The van der Waals surface area contributed by atoms with Crippen molar-refractivity contribution in [3.8, 4) is 23.5 Å². The second-order valence-electron chi connectivity index (χ2n) is 4.96. The van der Waals surface area contributed by atoms with Crippen molar-refractivity contribution in [1.82, 2.24) is 15.3 Å². The average Bonchev–Trinajstić information content (AvgIpc) is 2.94. The van der Waals surface area contributed by atoms with Gasteiger partial charge in [0.25, 0.3) is 0 Å². The van der Waals surface area contributed by atoms with Crippen LogP contribution in [0.2, 0.25) is 0 Å². The maximum absolute atomic E-state index is 11.6. The number of pyridine rings is 1. The van der Waals surface area contributed by atoms with Crippen molar-refractivity contribution in [2.45, 2.75) is 6.92 Å². The minimum absolute atomic E-state index is 0.182. The van der Waals surface area contributed by atoms with Crippen molar-refractivity contribution in [2.75, 3.05) is 11.9 Å². The van der Waals surface area contributed by atoms with E-state index in [1.54, 1.807) is 0 Å². The first-order valence-electron chi connectivity index (χ1n) is 6.96. The lowest BCUT2D eigenvalue weighted by Crippen LogP contribution is -2.28. The second-order valence-corrected chi connectivity index (χ2v) is 5.99. The number of anilines is 1. The smallest absolute Gasteiger partial charge is 0.321 e. The molecule has 2 aromatic heterocycles. The molecule has 0 atom stereocenters. The Morgan fingerprint density at radius 1 is 1.30 bits per heavy atom. The molecular weight excluding hydrogens is 308 g/mol. The van der Waals surface area contributed by atoms with Crippen molar-refractivity contribution in [3.05, 3.63) is 42.2 Å². The quantitative estimate of drug-likeness (QED) is 0.726. The van der Waals surface area contributed by atoms with Crippen LogP contribution in [0.1, 0.15) is 5.56 Å². The van der Waals surface area contributed by atoms with E-state index in [2.05, 4.69) is 32.6 Å². The lowest BCUT2D eigenvalue weighted by atomic mass is 10.1. The Balaban J connectivity index is 1.86. The zero-order chi connectivity index (χ0) is 16.2. The number of benzene rings is 1. The standard InChI is InChI=1S/C17H14N4OS/c1-3-6-19-16(22)21-17-20-14-5-4-12(8-15(14)23-17)13-7-11(2)9-18-10-13/h1,4-5,7-10H,6H2,2H3,(H2,19,20,21,22). The van der Waals surface area contributed by atoms with Crippen molar-refractivity contribution in [1.29, 1.82) is 0 Å². The number of hydrogen-bond acceptors (Lipinski definition) is 4. The molecule has 114 valence electrons. The summed E-state index contributed by atoms with van der Waals surface area (Å²) >= 11 is 1.42. The highest BCUT2D eigenvalue weighted by Crippen LogP contribution is 2.30. The zero-order valence-electron chi connectivity index (χ0n) is 12.5. The number of hydrogen-bond donors (Lipinski definition) is 2. The lowest BCUT2D eigenvalue weighted by molar-refractivity contribution is 0.253. The molecule has 0 saturated heterocycles. The van der Waals surface area contributed by atoms with E-state index in [1.807, 2.05) is 37.5 Å². The zero-order valence-corrected chi connectivity index (χ0v) is 13.3. The van der Waals surface area contributed by atoms with Gasteiger partial charge in [-0.1, -0.05) is 23.3 Å². The number of aromatic nitrogens is 2. The third kappa shape index (κ3) is 3.47. The van der Waals surface area contributed by atoms with Crippen molar-refractivity contribution in [3.63, 3.8) is 0 Å². The summed E-state index contributed by atoms with van der Waals surface area (Å²) in [6.07, 6.45) is 8.76. The molecule has 0 aliphatic heterocycles. The number of carbonyl (C=O) groups is 1. The molecule has 0 saturated carbocycles. The van der Waals surface area contributed by atoms with Crippen LogP contribution in [0.15, 0.2) is 36.7 Å². The maximum atomic E-state index is 11.6. The molecule has 6 heteroatoms. The molecule has 0 aliphatic carbocycles. The van der Waals surface area contributed by atoms with Gasteiger partial charge in [-0.2, -0.15) is 0 Å². The summed E-state index contributed by atoms with van der Waals surface area (Å²) in [5.74, 6) is 2.35. The fourth-order valence-electron chi connectivity index (χ4n) is 2.14. The number of nitrogens with one attached hydrogen (secondary N) is 2. The number of aryl methyl sites for hydroxylation is 1. The predicted molar refractivity (Wildman–Crippen MR) is 93.4 cm³/mol. The highest BCUT2D eigenvalue weighted by Gasteiger charge is 2.08. The molecule has 0 bridgehead atoms. The van der Waals surface area contributed by atoms with Crippen LogP contribution < -0.4 is 10.6 Å². The third-order valence-corrected chi connectivity index (χ3v) is 4.10. The summed E-state index contributed by atoms with van der Waals surface area (Å²) in [5, 5.41) is 5.76. The largest absolute Gasteiger partial charge is 0.327 e. The Labute approximate surface area is 137 Å². The number of amides is 2. The number of thiazole rings is 1. The third-order valence-electron chi connectivity index (χ3n) is 3.17. The molecular formula is C17H14N4OS. The van der Waals surface area contributed by atoms with Crippen LogP contribution in [0.4, 0.5) is 9.93 Å². The predicted octanol–water partition coefficient (Wildman–Crippen LogP) is 3.42. The van der Waals surface area contributed by atoms with E-state index in [4.69, 9.17) is 6.42 Å². The first-order valence-corrected chi connectivity index (χ1v) is 7.78. The Morgan fingerprint density at radius 2 is 2.17 bits per heavy atom. The van der Waals surface area contributed by atoms with Crippen molar-refractivity contribution in [2.24, 2.45) is 0 Å². The summed E-state index contributed by atoms with van der Waals surface area (Å²) < 4.78 is 0.997. The maximum Gasteiger partial charge on any atom is 0.321 e. The molecule has 0 aliphatic rings. The summed E-state index contributed by atoms with van der Waals surface area (Å²) in [6.45, 7) is 2.19. The topological polar surface area (TPSA) is 66.9 Å². The molecule has 0 unspecified atom stereocenters. The molecule has 2 amide bonds. The van der Waals surface area contributed by atoms with E-state index in [0.29, 0.717) is 5.13 Å². The monoisotopic (exact) mass is 322 g/mol. The number of carbonyl (C=O) groups excluding carboxylic acids is 1. The van der Waals surface area contributed by atoms with Gasteiger partial charge < -0.3 is 5.32 Å². The van der Waals surface area contributed by atoms with Gasteiger partial charge in [0, 0.05) is 18.0 Å². The Morgan fingerprint density at radius 3 is 2.96 bits per heavy atom. The van der Waals surface area contributed by atoms with Crippen LogP contribution in [-0.4, -0.2) is 22.5 Å². The van der Waals surface area contributed by atoms with Gasteiger partial charge in [0.05, 0.1) is 16.8 Å². The van der Waals surface area contributed by atoms with Crippen LogP contribution >= 0.6 is 11.3 Å². The summed E-state index contributed by atoms with van der Waals surface area (Å²) in [7, 11) is 0. The van der Waals surface area contributed by atoms with Gasteiger partial charge in [-0.25, -0.2) is 9.78 Å². The van der Waals surface area contributed by atoms with Crippen LogP contribution in [0.3, 0.4) is 0 Å².